The molecule has 0 atom stereocenters. The van der Waals surface area contributed by atoms with E-state index in [4.69, 9.17) is 44.3 Å². The van der Waals surface area contributed by atoms with E-state index in [1.807, 2.05) is 122 Å². The van der Waals surface area contributed by atoms with Crippen molar-refractivity contribution in [2.24, 2.45) is 0 Å². The molecule has 9 aromatic heterocycles. The number of hydrogen-bond acceptors (Lipinski definition) is 11. The second-order valence-electron chi connectivity index (χ2n) is 35.0. The molecule has 0 spiro atoms. The zero-order chi connectivity index (χ0) is 82.0. The minimum Gasteiger partial charge on any atom is -0.481 e. The molecule has 0 aromatic carbocycles. The molecule has 18 heteroatoms. The van der Waals surface area contributed by atoms with Crippen LogP contribution in [0.4, 0.5) is 17.6 Å². The van der Waals surface area contributed by atoms with Crippen LogP contribution < -0.4 is 9.47 Å². The molecule has 9 aromatic rings. The average Bonchev–Trinajstić information content (AvgIpc) is 0.825. The number of rotatable bonds is 2. The fourth-order valence-corrected chi connectivity index (χ4v) is 9.77. The number of hydrogen-bond donors (Lipinski definition) is 0. The molecule has 11 nitrogen and oxygen atoms in total. The van der Waals surface area contributed by atoms with E-state index in [1.54, 1.807) is 32.7 Å². The molecule has 0 aliphatic heterocycles. The van der Waals surface area contributed by atoms with Gasteiger partial charge >= 0.3 is 6.18 Å². The van der Waals surface area contributed by atoms with E-state index in [0.29, 0.717) is 27.0 Å². The lowest BCUT2D eigenvalue weighted by atomic mass is 9.86. The number of aryl methyl sites for hydroxylation is 4. The molecule has 0 radical (unpaired) electrons. The lowest BCUT2D eigenvalue weighted by molar-refractivity contribution is -0.141. The van der Waals surface area contributed by atoms with Crippen LogP contribution in [0.2, 0.25) is 15.2 Å². The van der Waals surface area contributed by atoms with Gasteiger partial charge < -0.3 is 9.47 Å². The number of pyridine rings is 9. The van der Waals surface area contributed by atoms with Crippen LogP contribution in [0.3, 0.4) is 0 Å². The Bertz CT molecular complexity index is 3850. The fourth-order valence-electron chi connectivity index (χ4n) is 9.12. The Labute approximate surface area is 650 Å². The zero-order valence-electron chi connectivity index (χ0n) is 69.9. The van der Waals surface area contributed by atoms with Gasteiger partial charge in [0.2, 0.25) is 11.8 Å². The van der Waals surface area contributed by atoms with Crippen molar-refractivity contribution < 1.29 is 27.0 Å². The molecule has 0 amide bonds. The summed E-state index contributed by atoms with van der Waals surface area (Å²) in [5.74, 6) is 1.08. The van der Waals surface area contributed by atoms with Crippen LogP contribution in [-0.2, 0) is 54.9 Å². The molecule has 0 bridgehead atoms. The summed E-state index contributed by atoms with van der Waals surface area (Å²) in [6.07, 6.45) is 8.90. The molecule has 0 aliphatic rings. The molecule has 0 saturated carbocycles. The Kier molecular flexibility index (Phi) is 37.5. The Morgan fingerprint density at radius 1 is 0.311 bits per heavy atom. The van der Waals surface area contributed by atoms with Crippen LogP contribution in [0.25, 0.3) is 0 Å². The quantitative estimate of drug-likeness (QED) is 0.121. The Hall–Kier alpha value is -7.46. The molecule has 0 saturated heterocycles. The van der Waals surface area contributed by atoms with Gasteiger partial charge in [0.1, 0.15) is 16.7 Å². The van der Waals surface area contributed by atoms with Gasteiger partial charge in [-0.25, -0.2) is 19.3 Å². The van der Waals surface area contributed by atoms with Crippen molar-refractivity contribution in [2.75, 3.05) is 14.2 Å². The number of alkyl halides is 3. The van der Waals surface area contributed by atoms with Gasteiger partial charge in [0.15, 0.2) is 0 Å². The summed E-state index contributed by atoms with van der Waals surface area (Å²) in [4.78, 5) is 36.9. The highest BCUT2D eigenvalue weighted by atomic mass is 35.5. The second kappa shape index (κ2) is 41.2. The standard InChI is InChI=1S/C11H17NO.C10H12F3N.C10H15NO.3C10H15N.C9H11Cl2N.C9H12ClN.C9H12FN/c1-8-9(11(2,3)4)6-7-10(12-8)13-5;1-9(2,3)7-4-5-8(14-6-7)10(11,12)13;1-10(2,3)8-5-6-9(12-4)11-7-8;1-8-5-6-11-9(7-8)10(2,3)4;1-8-5-6-9(11-7-8)10(2,3)4;1-8-9(10(2,3)4)6-5-7-11-8;1-9(2,3)7-4-6(10)5-12-8(7)11;2*1-9(2,3)8-5-4-7(10)6-11-8/h6-7H,1-5H3;4-6H,1-3H3;5-7H,1-4H3;3*5-7H,1-4H3;4-5H,1-3H3;2*4-6H,1-3H3. The van der Waals surface area contributed by atoms with E-state index in [1.165, 1.54) is 52.3 Å². The van der Waals surface area contributed by atoms with Gasteiger partial charge in [-0.1, -0.05) is 252 Å². The number of halogens is 7. The number of ether oxygens (including phenoxy) is 2. The lowest BCUT2D eigenvalue weighted by Crippen LogP contribution is -2.14. The van der Waals surface area contributed by atoms with Crippen LogP contribution in [0, 0.1) is 33.5 Å². The minimum absolute atomic E-state index is 0.00498. The molecular weight excluding hydrogens is 1400 g/mol. The van der Waals surface area contributed by atoms with Gasteiger partial charge in [-0.2, -0.15) is 13.2 Å². The second-order valence-corrected chi connectivity index (χ2v) is 36.3. The molecule has 0 fully saturated rings. The topological polar surface area (TPSA) is 134 Å². The van der Waals surface area contributed by atoms with Crippen LogP contribution in [0.1, 0.15) is 266 Å². The summed E-state index contributed by atoms with van der Waals surface area (Å²) in [6, 6.07) is 31.8. The van der Waals surface area contributed by atoms with Gasteiger partial charge in [0.25, 0.3) is 0 Å². The van der Waals surface area contributed by atoms with Gasteiger partial charge in [0, 0.05) is 111 Å². The third kappa shape index (κ3) is 37.4. The molecule has 9 rings (SSSR count). The molecule has 9 heterocycles. The SMILES string of the molecule is CC(C)(C)c1cc(Cl)cnc1Cl.CC(C)(C)c1ccc(C(F)(F)F)nc1.CC(C)(C)c1ccc(Cl)cn1.CC(C)(C)c1ccc(F)cn1.COc1ccc(C(C)(C)C)c(C)n1.COc1ccc(C(C)(C)C)cn1.Cc1ccc(C(C)(C)C)nc1.Cc1ccnc(C(C)(C)C)c1.Cc1ncccc1C(C)(C)C. The molecule has 0 aliphatic carbocycles. The molecule has 0 unspecified atom stereocenters. The summed E-state index contributed by atoms with van der Waals surface area (Å²) >= 11 is 17.4. The summed E-state index contributed by atoms with van der Waals surface area (Å²) in [6.45, 7) is 65.5. The highest BCUT2D eigenvalue weighted by molar-refractivity contribution is 6.32. The maximum atomic E-state index is 12.4. The third-order valence-electron chi connectivity index (χ3n) is 15.6. The first-order chi connectivity index (χ1) is 48.1. The van der Waals surface area contributed by atoms with Crippen LogP contribution in [0.15, 0.2) is 153 Å². The Morgan fingerprint density at radius 3 is 1.07 bits per heavy atom. The molecule has 0 N–H and O–H groups in total. The normalized spacial score (nSPS) is 11.8. The van der Waals surface area contributed by atoms with Crippen LogP contribution >= 0.6 is 34.8 Å². The molecule has 582 valence electrons. The van der Waals surface area contributed by atoms with Crippen molar-refractivity contribution in [1.82, 2.24) is 44.9 Å². The average molecular weight is 1520 g/mol. The minimum atomic E-state index is -4.35. The van der Waals surface area contributed by atoms with Crippen LogP contribution in [-0.4, -0.2) is 59.1 Å². The lowest BCUT2D eigenvalue weighted by Gasteiger charge is -2.20. The summed E-state index contributed by atoms with van der Waals surface area (Å²) in [5.41, 5.74) is 14.6. The van der Waals surface area contributed by atoms with E-state index in [0.717, 1.165) is 51.4 Å². The molecular formula is C88H124Cl3F4N9O2. The highest BCUT2D eigenvalue weighted by Gasteiger charge is 2.33. The van der Waals surface area contributed by atoms with Gasteiger partial charge in [-0.3, -0.25) is 29.9 Å². The van der Waals surface area contributed by atoms with E-state index < -0.39 is 11.9 Å². The van der Waals surface area contributed by atoms with Crippen molar-refractivity contribution in [3.8, 4) is 11.8 Å². The smallest absolute Gasteiger partial charge is 0.433 e. The number of nitrogens with zero attached hydrogens (tertiary/aromatic N) is 9. The first kappa shape index (κ1) is 96.6. The zero-order valence-corrected chi connectivity index (χ0v) is 72.2. The van der Waals surface area contributed by atoms with Gasteiger partial charge in [-0.05, 0) is 154 Å². The summed E-state index contributed by atoms with van der Waals surface area (Å²) in [5, 5.41) is 1.86. The highest BCUT2D eigenvalue weighted by Crippen LogP contribution is 2.33. The first-order valence-electron chi connectivity index (χ1n) is 35.5. The summed E-state index contributed by atoms with van der Waals surface area (Å²) < 4.78 is 58.9. The van der Waals surface area contributed by atoms with E-state index in [9.17, 15) is 17.6 Å². The Balaban J connectivity index is 0.000000597. The number of methoxy groups -OCH3 is 2. The first-order valence-corrected chi connectivity index (χ1v) is 36.7. The van der Waals surface area contributed by atoms with Crippen LogP contribution in [0.5, 0.6) is 11.8 Å². The van der Waals surface area contributed by atoms with Crippen molar-refractivity contribution in [3.63, 3.8) is 0 Å². The number of aromatic nitrogens is 9. The van der Waals surface area contributed by atoms with Crippen molar-refractivity contribution >= 4 is 34.8 Å². The van der Waals surface area contributed by atoms with Gasteiger partial charge in [-0.15, -0.1) is 0 Å². The van der Waals surface area contributed by atoms with Crippen molar-refractivity contribution in [1.29, 1.82) is 0 Å². The predicted molar refractivity (Wildman–Crippen MR) is 438 cm³/mol. The third-order valence-corrected chi connectivity index (χ3v) is 16.3. The monoisotopic (exact) mass is 1520 g/mol. The fraction of sp³-hybridized carbons (Fsp3) is 0.489. The van der Waals surface area contributed by atoms with E-state index in [2.05, 4.69) is 241 Å². The van der Waals surface area contributed by atoms with Crippen molar-refractivity contribution in [3.05, 3.63) is 253 Å². The molecule has 106 heavy (non-hydrogen) atoms. The van der Waals surface area contributed by atoms with E-state index in [-0.39, 0.29) is 54.6 Å². The largest absolute Gasteiger partial charge is 0.481 e. The van der Waals surface area contributed by atoms with Crippen molar-refractivity contribution in [2.45, 2.75) is 270 Å². The van der Waals surface area contributed by atoms with Gasteiger partial charge in [0.05, 0.1) is 30.5 Å². The predicted octanol–water partition coefficient (Wildman–Crippen LogP) is 25.8. The summed E-state index contributed by atoms with van der Waals surface area (Å²) in [7, 11) is 3.26. The Morgan fingerprint density at radius 2 is 0.736 bits per heavy atom. The maximum Gasteiger partial charge on any atom is 0.433 e. The maximum absolute atomic E-state index is 12.4. The van der Waals surface area contributed by atoms with E-state index >= 15 is 0 Å².